The van der Waals surface area contributed by atoms with Gasteiger partial charge in [-0.15, -0.1) is 0 Å². The summed E-state index contributed by atoms with van der Waals surface area (Å²) in [7, 11) is -3.32. The number of nitrogens with zero attached hydrogens (tertiary/aromatic N) is 1. The number of sulfonamides is 1. The zero-order valence-corrected chi connectivity index (χ0v) is 15.5. The van der Waals surface area contributed by atoms with Crippen LogP contribution in [-0.2, 0) is 21.2 Å². The van der Waals surface area contributed by atoms with Gasteiger partial charge in [0.15, 0.2) is 0 Å². The zero-order chi connectivity index (χ0) is 17.5. The van der Waals surface area contributed by atoms with Crippen molar-refractivity contribution in [2.45, 2.75) is 26.7 Å². The number of carbonyl (C=O) groups is 1. The Morgan fingerprint density at radius 3 is 2.57 bits per heavy atom. The zero-order valence-electron chi connectivity index (χ0n) is 13.9. The molecule has 0 aromatic heterocycles. The number of benzene rings is 1. The second kappa shape index (κ2) is 9.25. The lowest BCUT2D eigenvalue weighted by Gasteiger charge is -2.20. The number of amides is 1. The molecule has 1 aromatic rings. The third-order valence-corrected chi connectivity index (χ3v) is 4.82. The van der Waals surface area contributed by atoms with E-state index in [-0.39, 0.29) is 18.4 Å². The van der Waals surface area contributed by atoms with Crippen LogP contribution in [-0.4, -0.2) is 44.5 Å². The van der Waals surface area contributed by atoms with Gasteiger partial charge in [0.2, 0.25) is 15.9 Å². The molecule has 5 nitrogen and oxygen atoms in total. The Kier molecular flexibility index (Phi) is 8.02. The standard InChI is InChI=1S/C16H25ClN2O3S/c1-13(2)11-16(20)18-8-10-19(23(3,21)22)9-7-14-5-4-6-15(17)12-14/h4-6,12-13H,7-11H2,1-3H3,(H,18,20). The molecule has 0 spiro atoms. The topological polar surface area (TPSA) is 66.5 Å². The average molecular weight is 361 g/mol. The normalized spacial score (nSPS) is 11.9. The molecule has 1 N–H and O–H groups in total. The summed E-state index contributed by atoms with van der Waals surface area (Å²) in [5.74, 6) is 0.229. The summed E-state index contributed by atoms with van der Waals surface area (Å²) < 4.78 is 25.1. The minimum atomic E-state index is -3.32. The van der Waals surface area contributed by atoms with Gasteiger partial charge < -0.3 is 5.32 Å². The van der Waals surface area contributed by atoms with Crippen molar-refractivity contribution in [3.63, 3.8) is 0 Å². The number of carbonyl (C=O) groups excluding carboxylic acids is 1. The van der Waals surface area contributed by atoms with Crippen molar-refractivity contribution >= 4 is 27.5 Å². The summed E-state index contributed by atoms with van der Waals surface area (Å²) in [6, 6.07) is 7.36. The first kappa shape index (κ1) is 19.9. The van der Waals surface area contributed by atoms with Crippen molar-refractivity contribution in [3.8, 4) is 0 Å². The summed E-state index contributed by atoms with van der Waals surface area (Å²) >= 11 is 5.93. The molecule has 0 aliphatic carbocycles. The second-order valence-electron chi connectivity index (χ2n) is 5.99. The highest BCUT2D eigenvalue weighted by atomic mass is 35.5. The average Bonchev–Trinajstić information content (AvgIpc) is 2.40. The van der Waals surface area contributed by atoms with Crippen molar-refractivity contribution in [2.75, 3.05) is 25.9 Å². The Labute approximate surface area is 144 Å². The van der Waals surface area contributed by atoms with Gasteiger partial charge in [0, 0.05) is 31.1 Å². The van der Waals surface area contributed by atoms with Gasteiger partial charge in [0.1, 0.15) is 0 Å². The highest BCUT2D eigenvalue weighted by Gasteiger charge is 2.16. The molecule has 7 heteroatoms. The molecule has 1 amide bonds. The van der Waals surface area contributed by atoms with E-state index in [2.05, 4.69) is 5.32 Å². The van der Waals surface area contributed by atoms with Gasteiger partial charge in [-0.1, -0.05) is 37.6 Å². The lowest BCUT2D eigenvalue weighted by Crippen LogP contribution is -2.39. The monoisotopic (exact) mass is 360 g/mol. The van der Waals surface area contributed by atoms with Crippen molar-refractivity contribution in [2.24, 2.45) is 5.92 Å². The second-order valence-corrected chi connectivity index (χ2v) is 8.41. The number of halogens is 1. The largest absolute Gasteiger partial charge is 0.355 e. The van der Waals surface area contributed by atoms with Crippen LogP contribution in [0.4, 0.5) is 0 Å². The molecule has 23 heavy (non-hydrogen) atoms. The maximum atomic E-state index is 11.9. The van der Waals surface area contributed by atoms with Crippen LogP contribution in [0, 0.1) is 5.92 Å². The van der Waals surface area contributed by atoms with Gasteiger partial charge >= 0.3 is 0 Å². The maximum absolute atomic E-state index is 11.9. The molecule has 0 unspecified atom stereocenters. The Balaban J connectivity index is 2.52. The summed E-state index contributed by atoms with van der Waals surface area (Å²) in [6.07, 6.45) is 2.20. The van der Waals surface area contributed by atoms with Gasteiger partial charge in [0.05, 0.1) is 6.26 Å². The molecule has 0 saturated carbocycles. The van der Waals surface area contributed by atoms with Crippen molar-refractivity contribution in [3.05, 3.63) is 34.9 Å². The molecule has 1 aromatic carbocycles. The Morgan fingerprint density at radius 2 is 2.00 bits per heavy atom. The van der Waals surface area contributed by atoms with Crippen LogP contribution in [0.1, 0.15) is 25.8 Å². The summed E-state index contributed by atoms with van der Waals surface area (Å²) in [4.78, 5) is 11.6. The van der Waals surface area contributed by atoms with E-state index in [4.69, 9.17) is 11.6 Å². The molecule has 0 radical (unpaired) electrons. The first-order chi connectivity index (χ1) is 10.7. The van der Waals surface area contributed by atoms with E-state index in [1.54, 1.807) is 6.07 Å². The van der Waals surface area contributed by atoms with E-state index in [0.717, 1.165) is 5.56 Å². The van der Waals surface area contributed by atoms with Crippen LogP contribution in [0.5, 0.6) is 0 Å². The Bertz CT molecular complexity index is 618. The van der Waals surface area contributed by atoms with Gasteiger partial charge in [0.25, 0.3) is 0 Å². The molecular formula is C16H25ClN2O3S. The quantitative estimate of drug-likeness (QED) is 0.734. The third-order valence-electron chi connectivity index (χ3n) is 3.28. The van der Waals surface area contributed by atoms with E-state index >= 15 is 0 Å². The predicted molar refractivity (Wildman–Crippen MR) is 94.0 cm³/mol. The van der Waals surface area contributed by atoms with E-state index in [1.807, 2.05) is 32.0 Å². The van der Waals surface area contributed by atoms with Crippen molar-refractivity contribution in [1.82, 2.24) is 9.62 Å². The van der Waals surface area contributed by atoms with Crippen molar-refractivity contribution < 1.29 is 13.2 Å². The minimum Gasteiger partial charge on any atom is -0.355 e. The molecular weight excluding hydrogens is 336 g/mol. The van der Waals surface area contributed by atoms with Crippen LogP contribution >= 0.6 is 11.6 Å². The summed E-state index contributed by atoms with van der Waals surface area (Å²) in [5, 5.41) is 3.39. The first-order valence-corrected chi connectivity index (χ1v) is 9.87. The summed E-state index contributed by atoms with van der Waals surface area (Å²) in [5.41, 5.74) is 0.981. The number of rotatable bonds is 9. The molecule has 0 fully saturated rings. The number of hydrogen-bond acceptors (Lipinski definition) is 3. The molecule has 0 aliphatic rings. The van der Waals surface area contributed by atoms with E-state index < -0.39 is 10.0 Å². The third kappa shape index (κ3) is 8.34. The smallest absolute Gasteiger partial charge is 0.220 e. The van der Waals surface area contributed by atoms with Gasteiger partial charge in [-0.2, -0.15) is 0 Å². The molecule has 0 atom stereocenters. The van der Waals surface area contributed by atoms with Gasteiger partial charge in [-0.05, 0) is 30.0 Å². The SMILES string of the molecule is CC(C)CC(=O)NCCN(CCc1cccc(Cl)c1)S(C)(=O)=O. The fourth-order valence-corrected chi connectivity index (χ4v) is 3.21. The first-order valence-electron chi connectivity index (χ1n) is 7.64. The van der Waals surface area contributed by atoms with Crippen LogP contribution in [0.2, 0.25) is 5.02 Å². The van der Waals surface area contributed by atoms with Gasteiger partial charge in [-0.25, -0.2) is 12.7 Å². The Morgan fingerprint density at radius 1 is 1.30 bits per heavy atom. The fraction of sp³-hybridized carbons (Fsp3) is 0.562. The molecule has 1 rings (SSSR count). The van der Waals surface area contributed by atoms with Crippen LogP contribution in [0.15, 0.2) is 24.3 Å². The highest BCUT2D eigenvalue weighted by Crippen LogP contribution is 2.12. The molecule has 0 aliphatic heterocycles. The lowest BCUT2D eigenvalue weighted by atomic mass is 10.1. The van der Waals surface area contributed by atoms with Crippen LogP contribution in [0.3, 0.4) is 0 Å². The molecule has 0 heterocycles. The van der Waals surface area contributed by atoms with Crippen LogP contribution in [0.25, 0.3) is 0 Å². The predicted octanol–water partition coefficient (Wildman–Crippen LogP) is 2.31. The van der Waals surface area contributed by atoms with Crippen molar-refractivity contribution in [1.29, 1.82) is 0 Å². The molecule has 0 bridgehead atoms. The molecule has 0 saturated heterocycles. The van der Waals surface area contributed by atoms with Gasteiger partial charge in [-0.3, -0.25) is 4.79 Å². The van der Waals surface area contributed by atoms with E-state index in [0.29, 0.717) is 31.0 Å². The van der Waals surface area contributed by atoms with E-state index in [1.165, 1.54) is 10.6 Å². The number of nitrogens with one attached hydrogen (secondary N) is 1. The molecule has 130 valence electrons. The maximum Gasteiger partial charge on any atom is 0.220 e. The minimum absolute atomic E-state index is 0.0525. The lowest BCUT2D eigenvalue weighted by molar-refractivity contribution is -0.121. The number of hydrogen-bond donors (Lipinski definition) is 1. The Hall–Kier alpha value is -1.11. The fourth-order valence-electron chi connectivity index (χ4n) is 2.15. The summed E-state index contributed by atoms with van der Waals surface area (Å²) in [6.45, 7) is 4.87. The van der Waals surface area contributed by atoms with Crippen LogP contribution < -0.4 is 5.32 Å². The van der Waals surface area contributed by atoms with E-state index in [9.17, 15) is 13.2 Å². The highest BCUT2D eigenvalue weighted by molar-refractivity contribution is 7.88.